The first-order valence-corrected chi connectivity index (χ1v) is 13.7. The van der Waals surface area contributed by atoms with Crippen LogP contribution in [0.4, 0.5) is 5.69 Å². The fraction of sp³-hybridized carbons (Fsp3) is 0.269. The smallest absolute Gasteiger partial charge is 0.264 e. The molecule has 2 aromatic carbocycles. The summed E-state index contributed by atoms with van der Waals surface area (Å²) in [5.74, 6) is -0.313. The molecule has 7 nitrogen and oxygen atoms in total. The molecular weight excluding hydrogens is 482 g/mol. The quantitative estimate of drug-likeness (QED) is 0.417. The molecule has 0 radical (unpaired) electrons. The largest absolute Gasteiger partial charge is 0.379 e. The Morgan fingerprint density at radius 2 is 1.89 bits per heavy atom. The van der Waals surface area contributed by atoms with E-state index < -0.39 is 10.0 Å². The molecular formula is C26H29N3O4S2. The molecule has 9 heteroatoms. The van der Waals surface area contributed by atoms with Gasteiger partial charge in [0, 0.05) is 30.1 Å². The number of morpholine rings is 1. The summed E-state index contributed by atoms with van der Waals surface area (Å²) in [7, 11) is -3.89. The van der Waals surface area contributed by atoms with Crippen molar-refractivity contribution in [3.63, 3.8) is 0 Å². The number of benzene rings is 2. The van der Waals surface area contributed by atoms with Gasteiger partial charge in [-0.2, -0.15) is 0 Å². The summed E-state index contributed by atoms with van der Waals surface area (Å²) >= 11 is 1.66. The van der Waals surface area contributed by atoms with E-state index in [1.807, 2.05) is 17.5 Å². The van der Waals surface area contributed by atoms with E-state index in [9.17, 15) is 13.2 Å². The van der Waals surface area contributed by atoms with Crippen molar-refractivity contribution >= 4 is 33.0 Å². The fourth-order valence-corrected chi connectivity index (χ4v) is 6.39. The second-order valence-corrected chi connectivity index (χ2v) is 10.9. The Bertz CT molecular complexity index is 1220. The molecule has 0 saturated carbocycles. The van der Waals surface area contributed by atoms with Crippen molar-refractivity contribution in [1.82, 2.24) is 10.2 Å². The maximum atomic E-state index is 13.5. The summed E-state index contributed by atoms with van der Waals surface area (Å²) in [6.07, 6.45) is 1.54. The topological polar surface area (TPSA) is 79.0 Å². The Morgan fingerprint density at radius 1 is 1.11 bits per heavy atom. The summed E-state index contributed by atoms with van der Waals surface area (Å²) in [6, 6.07) is 19.1. The Hall–Kier alpha value is -2.98. The highest BCUT2D eigenvalue weighted by atomic mass is 32.2. The van der Waals surface area contributed by atoms with Crippen LogP contribution in [0.3, 0.4) is 0 Å². The van der Waals surface area contributed by atoms with Crippen LogP contribution in [0.5, 0.6) is 0 Å². The van der Waals surface area contributed by atoms with E-state index in [-0.39, 0.29) is 23.4 Å². The molecule has 0 spiro atoms. The lowest BCUT2D eigenvalue weighted by atomic mass is 10.1. The number of nitrogens with one attached hydrogen (secondary N) is 1. The molecule has 0 aliphatic carbocycles. The zero-order valence-electron chi connectivity index (χ0n) is 19.4. The Morgan fingerprint density at radius 3 is 2.57 bits per heavy atom. The van der Waals surface area contributed by atoms with Crippen LogP contribution in [0.2, 0.25) is 0 Å². The first-order valence-electron chi connectivity index (χ1n) is 11.4. The first kappa shape index (κ1) is 25.1. The monoisotopic (exact) mass is 511 g/mol. The van der Waals surface area contributed by atoms with Crippen molar-refractivity contribution in [3.8, 4) is 0 Å². The van der Waals surface area contributed by atoms with E-state index in [2.05, 4.69) is 22.9 Å². The molecule has 4 rings (SSSR count). The van der Waals surface area contributed by atoms with Gasteiger partial charge < -0.3 is 10.1 Å². The minimum Gasteiger partial charge on any atom is -0.379 e. The van der Waals surface area contributed by atoms with Crippen molar-refractivity contribution in [3.05, 3.63) is 95.2 Å². The van der Waals surface area contributed by atoms with Crippen LogP contribution in [0.25, 0.3) is 0 Å². The van der Waals surface area contributed by atoms with Crippen LogP contribution in [0.15, 0.2) is 89.7 Å². The number of carbonyl (C=O) groups is 1. The summed E-state index contributed by atoms with van der Waals surface area (Å²) in [5, 5.41) is 5.04. The Labute approximate surface area is 210 Å². The van der Waals surface area contributed by atoms with Gasteiger partial charge in [-0.1, -0.05) is 36.4 Å². The maximum absolute atomic E-state index is 13.5. The number of para-hydroxylation sites is 1. The number of sulfonamides is 1. The SMILES string of the molecule is C=CCN(c1ccccc1)S(=O)(=O)c1cccc(C(=O)NCC(c2cccs2)N2CCOCC2)c1. The zero-order valence-corrected chi connectivity index (χ0v) is 21.0. The van der Waals surface area contributed by atoms with Gasteiger partial charge in [-0.05, 0) is 41.8 Å². The zero-order chi connectivity index (χ0) is 24.7. The van der Waals surface area contributed by atoms with E-state index >= 15 is 0 Å². The van der Waals surface area contributed by atoms with Crippen molar-refractivity contribution in [1.29, 1.82) is 0 Å². The Balaban J connectivity index is 1.52. The summed E-state index contributed by atoms with van der Waals surface area (Å²) in [6.45, 7) is 7.16. The molecule has 1 aliphatic heterocycles. The van der Waals surface area contributed by atoms with Gasteiger partial charge in [-0.25, -0.2) is 8.42 Å². The lowest BCUT2D eigenvalue weighted by Crippen LogP contribution is -2.43. The predicted molar refractivity (Wildman–Crippen MR) is 139 cm³/mol. The summed E-state index contributed by atoms with van der Waals surface area (Å²) in [5.41, 5.74) is 0.830. The molecule has 1 saturated heterocycles. The minimum atomic E-state index is -3.89. The van der Waals surface area contributed by atoms with Crippen LogP contribution in [-0.2, 0) is 14.8 Å². The number of ether oxygens (including phenoxy) is 1. The normalized spacial score (nSPS) is 15.3. The fourth-order valence-electron chi connectivity index (χ4n) is 4.05. The van der Waals surface area contributed by atoms with Gasteiger partial charge in [-0.15, -0.1) is 17.9 Å². The molecule has 3 aromatic rings. The molecule has 1 unspecified atom stereocenters. The highest BCUT2D eigenvalue weighted by Gasteiger charge is 2.26. The molecule has 1 atom stereocenters. The van der Waals surface area contributed by atoms with Crippen LogP contribution in [-0.4, -0.2) is 58.6 Å². The molecule has 0 bridgehead atoms. The van der Waals surface area contributed by atoms with E-state index in [0.29, 0.717) is 31.0 Å². The average Bonchev–Trinajstić information content (AvgIpc) is 3.43. The molecule has 1 N–H and O–H groups in total. The molecule has 184 valence electrons. The van der Waals surface area contributed by atoms with Crippen molar-refractivity contribution in [2.45, 2.75) is 10.9 Å². The number of hydrogen-bond acceptors (Lipinski definition) is 6. The van der Waals surface area contributed by atoms with Crippen molar-refractivity contribution in [2.75, 3.05) is 43.7 Å². The van der Waals surface area contributed by atoms with Crippen molar-refractivity contribution in [2.24, 2.45) is 0 Å². The van der Waals surface area contributed by atoms with Gasteiger partial charge in [0.15, 0.2) is 0 Å². The molecule has 2 heterocycles. The van der Waals surface area contributed by atoms with Gasteiger partial charge in [0.1, 0.15) is 0 Å². The van der Waals surface area contributed by atoms with Gasteiger partial charge >= 0.3 is 0 Å². The van der Waals surface area contributed by atoms with E-state index in [1.54, 1.807) is 47.7 Å². The highest BCUT2D eigenvalue weighted by molar-refractivity contribution is 7.92. The second kappa shape index (κ2) is 11.6. The second-order valence-electron chi connectivity index (χ2n) is 8.08. The number of hydrogen-bond donors (Lipinski definition) is 1. The van der Waals surface area contributed by atoms with E-state index in [1.165, 1.54) is 27.4 Å². The number of thiophene rings is 1. The van der Waals surface area contributed by atoms with Gasteiger partial charge in [0.05, 0.1) is 36.4 Å². The van der Waals surface area contributed by atoms with Crippen LogP contribution >= 0.6 is 11.3 Å². The summed E-state index contributed by atoms with van der Waals surface area (Å²) < 4.78 is 33.7. The molecule has 1 amide bonds. The predicted octanol–water partition coefficient (Wildman–Crippen LogP) is 3.93. The molecule has 1 aromatic heterocycles. The number of rotatable bonds is 10. The maximum Gasteiger partial charge on any atom is 0.264 e. The first-order chi connectivity index (χ1) is 17.0. The minimum absolute atomic E-state index is 0.0379. The van der Waals surface area contributed by atoms with Crippen molar-refractivity contribution < 1.29 is 17.9 Å². The lowest BCUT2D eigenvalue weighted by molar-refractivity contribution is 0.0169. The average molecular weight is 512 g/mol. The molecule has 1 fully saturated rings. The standard InChI is InChI=1S/C26H29N3O4S2/c1-2-13-29(22-9-4-3-5-10-22)35(31,32)23-11-6-8-21(19-23)26(30)27-20-24(25-12-7-18-34-25)28-14-16-33-17-15-28/h2-12,18-19,24H,1,13-17,20H2,(H,27,30). The molecule has 1 aliphatic rings. The lowest BCUT2D eigenvalue weighted by Gasteiger charge is -2.34. The number of anilines is 1. The van der Waals surface area contributed by atoms with Crippen LogP contribution in [0, 0.1) is 0 Å². The van der Waals surface area contributed by atoms with Crippen LogP contribution < -0.4 is 9.62 Å². The van der Waals surface area contributed by atoms with Gasteiger partial charge in [-0.3, -0.25) is 14.0 Å². The van der Waals surface area contributed by atoms with E-state index in [0.717, 1.165) is 13.1 Å². The Kier molecular flexibility index (Phi) is 8.35. The summed E-state index contributed by atoms with van der Waals surface area (Å²) in [4.78, 5) is 16.6. The third-order valence-electron chi connectivity index (χ3n) is 5.84. The number of amides is 1. The third-order valence-corrected chi connectivity index (χ3v) is 8.60. The highest BCUT2D eigenvalue weighted by Crippen LogP contribution is 2.26. The van der Waals surface area contributed by atoms with Crippen LogP contribution in [0.1, 0.15) is 21.3 Å². The van der Waals surface area contributed by atoms with Gasteiger partial charge in [0.2, 0.25) is 0 Å². The number of carbonyl (C=O) groups excluding carboxylic acids is 1. The molecule has 35 heavy (non-hydrogen) atoms. The van der Waals surface area contributed by atoms with E-state index in [4.69, 9.17) is 4.74 Å². The van der Waals surface area contributed by atoms with Gasteiger partial charge in [0.25, 0.3) is 15.9 Å². The number of nitrogens with zero attached hydrogens (tertiary/aromatic N) is 2. The third kappa shape index (κ3) is 5.99.